The van der Waals surface area contributed by atoms with Crippen molar-refractivity contribution in [2.75, 3.05) is 19.8 Å². The van der Waals surface area contributed by atoms with Crippen molar-refractivity contribution in [3.63, 3.8) is 0 Å². The van der Waals surface area contributed by atoms with E-state index in [0.29, 0.717) is 37.6 Å². The molecule has 3 aliphatic heterocycles. The molecule has 1 N–H and O–H groups in total. The third-order valence-electron chi connectivity index (χ3n) is 8.96. The highest BCUT2D eigenvalue weighted by molar-refractivity contribution is 5.98. The van der Waals surface area contributed by atoms with Crippen molar-refractivity contribution in [2.24, 2.45) is 11.8 Å². The second-order valence-corrected chi connectivity index (χ2v) is 11.4. The van der Waals surface area contributed by atoms with Crippen LogP contribution in [0.4, 0.5) is 0 Å². The van der Waals surface area contributed by atoms with E-state index in [1.165, 1.54) is 4.90 Å². The monoisotopic (exact) mass is 565 g/mol. The molecule has 3 aliphatic rings. The maximum Gasteiger partial charge on any atom is 0.312 e. The molecule has 41 heavy (non-hydrogen) atoms. The number of amides is 2. The maximum absolute atomic E-state index is 14.6. The van der Waals surface area contributed by atoms with Gasteiger partial charge in [0.2, 0.25) is 11.8 Å². The van der Waals surface area contributed by atoms with Gasteiger partial charge in [0.1, 0.15) is 29.7 Å². The first-order valence-electron chi connectivity index (χ1n) is 14.3. The number of fused-ring (bicyclic) bond motifs is 2. The largest absolute Gasteiger partial charge is 0.465 e. The average molecular weight is 566 g/mol. The lowest BCUT2D eigenvalue weighted by Gasteiger charge is -2.39. The molecule has 1 aromatic carbocycles. The van der Waals surface area contributed by atoms with Crippen molar-refractivity contribution in [3.8, 4) is 0 Å². The Morgan fingerprint density at radius 1 is 1.29 bits per heavy atom. The van der Waals surface area contributed by atoms with Crippen LogP contribution in [0.25, 0.3) is 11.0 Å². The van der Waals surface area contributed by atoms with Gasteiger partial charge in [0.15, 0.2) is 0 Å². The number of nitrogens with zero attached hydrogens (tertiary/aromatic N) is 5. The summed E-state index contributed by atoms with van der Waals surface area (Å²) in [7, 11) is 0. The average Bonchev–Trinajstić information content (AvgIpc) is 3.67. The van der Waals surface area contributed by atoms with E-state index in [9.17, 15) is 19.5 Å². The summed E-state index contributed by atoms with van der Waals surface area (Å²) in [5, 5.41) is 18.7. The zero-order chi connectivity index (χ0) is 29.4. The van der Waals surface area contributed by atoms with Gasteiger partial charge in [-0.15, -0.1) is 18.3 Å². The van der Waals surface area contributed by atoms with E-state index < -0.39 is 41.1 Å². The molecule has 4 heterocycles. The second-order valence-electron chi connectivity index (χ2n) is 11.4. The Morgan fingerprint density at radius 3 is 2.78 bits per heavy atom. The highest BCUT2D eigenvalue weighted by Gasteiger charge is 2.79. The van der Waals surface area contributed by atoms with Crippen molar-refractivity contribution in [1.29, 1.82) is 0 Å². The Kier molecular flexibility index (Phi) is 8.02. The van der Waals surface area contributed by atoms with Crippen LogP contribution in [0.5, 0.6) is 0 Å². The first-order valence-corrected chi connectivity index (χ1v) is 14.3. The predicted octanol–water partition coefficient (Wildman–Crippen LogP) is 2.45. The van der Waals surface area contributed by atoms with E-state index in [1.54, 1.807) is 21.7 Å². The van der Waals surface area contributed by atoms with Crippen LogP contribution in [0.1, 0.15) is 46.0 Å². The molecule has 11 heteroatoms. The van der Waals surface area contributed by atoms with E-state index >= 15 is 0 Å². The maximum atomic E-state index is 14.6. The summed E-state index contributed by atoms with van der Waals surface area (Å²) >= 11 is 0. The van der Waals surface area contributed by atoms with E-state index in [-0.39, 0.29) is 38.2 Å². The number of unbranched alkanes of at least 4 members (excludes halogenated alkanes) is 1. The standard InChI is InChI=1S/C30H39N5O6/c1-5-8-11-17-40-28(39)24-23-26(37)35(20(7-3)18-36)25(30(23)15-14-29(24,4)41-30)27(38)33(16-6-2)19-34-22-13-10-9-12-21(22)31-32-34/h5-6,9-10,12-13,20,23-25,36H,1-2,7-8,11,14-19H2,3-4H3/t20-,23-,24+,25?,29-,30?/m0/s1. The fourth-order valence-electron chi connectivity index (χ4n) is 7.03. The van der Waals surface area contributed by atoms with Gasteiger partial charge in [0.05, 0.1) is 36.3 Å². The van der Waals surface area contributed by atoms with E-state index in [2.05, 4.69) is 23.5 Å². The van der Waals surface area contributed by atoms with Gasteiger partial charge in [-0.2, -0.15) is 0 Å². The van der Waals surface area contributed by atoms with Gasteiger partial charge in [0, 0.05) is 6.54 Å². The van der Waals surface area contributed by atoms with E-state index in [0.717, 1.165) is 5.52 Å². The minimum Gasteiger partial charge on any atom is -0.465 e. The Hall–Kier alpha value is -3.57. The molecule has 220 valence electrons. The van der Waals surface area contributed by atoms with Gasteiger partial charge in [-0.3, -0.25) is 14.4 Å². The normalized spacial score (nSPS) is 29.0. The number of aromatic nitrogens is 3. The van der Waals surface area contributed by atoms with Crippen LogP contribution in [-0.2, 0) is 30.5 Å². The first-order chi connectivity index (χ1) is 19.8. The zero-order valence-electron chi connectivity index (χ0n) is 23.8. The van der Waals surface area contributed by atoms with E-state index in [4.69, 9.17) is 9.47 Å². The number of ether oxygens (including phenoxy) is 2. The van der Waals surface area contributed by atoms with E-state index in [1.807, 2.05) is 38.1 Å². The molecular weight excluding hydrogens is 526 g/mol. The highest BCUT2D eigenvalue weighted by Crippen LogP contribution is 2.63. The molecule has 6 atom stereocenters. The number of carbonyl (C=O) groups is 3. The summed E-state index contributed by atoms with van der Waals surface area (Å²) in [5.74, 6) is -2.93. The number of esters is 1. The van der Waals surface area contributed by atoms with Crippen LogP contribution in [0.2, 0.25) is 0 Å². The minimum absolute atomic E-state index is 0.0760. The number of aliphatic hydroxyl groups is 1. The molecule has 0 saturated carbocycles. The SMILES string of the molecule is C=CCCCOC(=O)[C@H]1[C@H]2C(=O)N([C@@H](CC)CO)C(C(=O)N(CC=C)Cn3nnc4ccccc43)C23CC[C@]1(C)O3. The van der Waals surface area contributed by atoms with Gasteiger partial charge in [-0.05, 0) is 51.2 Å². The Bertz CT molecular complexity index is 1340. The number of aliphatic hydroxyl groups excluding tert-OH is 1. The number of allylic oxidation sites excluding steroid dienone is 1. The molecule has 2 bridgehead atoms. The van der Waals surface area contributed by atoms with Gasteiger partial charge in [-0.25, -0.2) is 4.68 Å². The number of para-hydroxylation sites is 1. The van der Waals surface area contributed by atoms with Gasteiger partial charge in [0.25, 0.3) is 0 Å². The Balaban J connectivity index is 1.52. The fraction of sp³-hybridized carbons (Fsp3) is 0.567. The lowest BCUT2D eigenvalue weighted by molar-refractivity contribution is -0.162. The third-order valence-corrected chi connectivity index (χ3v) is 8.96. The van der Waals surface area contributed by atoms with Gasteiger partial charge < -0.3 is 24.4 Å². The quantitative estimate of drug-likeness (QED) is 0.223. The summed E-state index contributed by atoms with van der Waals surface area (Å²) < 4.78 is 13.9. The number of rotatable bonds is 13. The highest BCUT2D eigenvalue weighted by atomic mass is 16.6. The molecular formula is C30H39N5O6. The van der Waals surface area contributed by atoms with Crippen LogP contribution in [-0.4, -0.2) is 90.7 Å². The van der Waals surface area contributed by atoms with Gasteiger partial charge >= 0.3 is 5.97 Å². The number of carbonyl (C=O) groups excluding carboxylic acids is 3. The molecule has 2 aromatic rings. The molecule has 1 spiro atoms. The summed E-state index contributed by atoms with van der Waals surface area (Å²) in [6.07, 6.45) is 6.08. The van der Waals surface area contributed by atoms with Gasteiger partial charge in [-0.1, -0.05) is 36.4 Å². The fourth-order valence-corrected chi connectivity index (χ4v) is 7.03. The predicted molar refractivity (Wildman–Crippen MR) is 150 cm³/mol. The number of likely N-dealkylation sites (tertiary alicyclic amines) is 1. The second kappa shape index (κ2) is 11.4. The number of hydrogen-bond acceptors (Lipinski definition) is 8. The molecule has 3 saturated heterocycles. The van der Waals surface area contributed by atoms with Crippen molar-refractivity contribution < 1.29 is 29.0 Å². The summed E-state index contributed by atoms with van der Waals surface area (Å²) in [6, 6.07) is 5.80. The Morgan fingerprint density at radius 2 is 2.07 bits per heavy atom. The first kappa shape index (κ1) is 28.9. The van der Waals surface area contributed by atoms with Crippen molar-refractivity contribution >= 4 is 28.8 Å². The van der Waals surface area contributed by atoms with Crippen LogP contribution in [0, 0.1) is 11.8 Å². The lowest BCUT2D eigenvalue weighted by Crippen LogP contribution is -2.59. The molecule has 0 aliphatic carbocycles. The summed E-state index contributed by atoms with van der Waals surface area (Å²) in [4.78, 5) is 45.3. The number of benzene rings is 1. The molecule has 11 nitrogen and oxygen atoms in total. The van der Waals surface area contributed by atoms with Crippen molar-refractivity contribution in [2.45, 2.75) is 75.9 Å². The lowest BCUT2D eigenvalue weighted by atomic mass is 9.66. The van der Waals surface area contributed by atoms with Crippen LogP contribution in [0.3, 0.4) is 0 Å². The molecule has 3 fully saturated rings. The third kappa shape index (κ3) is 4.64. The summed E-state index contributed by atoms with van der Waals surface area (Å²) in [6.45, 7) is 11.4. The van der Waals surface area contributed by atoms with Crippen LogP contribution >= 0.6 is 0 Å². The molecule has 5 rings (SSSR count). The summed E-state index contributed by atoms with van der Waals surface area (Å²) in [5.41, 5.74) is -0.704. The molecule has 1 aromatic heterocycles. The van der Waals surface area contributed by atoms with Crippen molar-refractivity contribution in [3.05, 3.63) is 49.6 Å². The van der Waals surface area contributed by atoms with Crippen LogP contribution < -0.4 is 0 Å². The smallest absolute Gasteiger partial charge is 0.312 e. The number of hydrogen-bond donors (Lipinski definition) is 1. The molecule has 2 unspecified atom stereocenters. The Labute approximate surface area is 239 Å². The van der Waals surface area contributed by atoms with Crippen LogP contribution in [0.15, 0.2) is 49.6 Å². The zero-order valence-corrected chi connectivity index (χ0v) is 23.8. The molecule has 2 amide bonds. The topological polar surface area (TPSA) is 127 Å². The minimum atomic E-state index is -1.22. The van der Waals surface area contributed by atoms with Crippen molar-refractivity contribution in [1.82, 2.24) is 24.8 Å². The molecule has 0 radical (unpaired) electrons.